The first-order chi connectivity index (χ1) is 13.9. The van der Waals surface area contributed by atoms with Crippen molar-refractivity contribution in [1.82, 2.24) is 4.90 Å². The predicted molar refractivity (Wildman–Crippen MR) is 114 cm³/mol. The molecular formula is C20H18ClN3O4S. The number of nitrogens with zero attached hydrogens (tertiary/aromatic N) is 2. The van der Waals surface area contributed by atoms with Crippen molar-refractivity contribution in [2.45, 2.75) is 11.7 Å². The van der Waals surface area contributed by atoms with Gasteiger partial charge in [-0.25, -0.2) is 9.79 Å². The molecule has 0 spiro atoms. The third-order valence-electron chi connectivity index (χ3n) is 4.17. The van der Waals surface area contributed by atoms with Crippen molar-refractivity contribution in [3.8, 4) is 0 Å². The Kier molecular flexibility index (Phi) is 6.56. The number of halogens is 1. The van der Waals surface area contributed by atoms with Gasteiger partial charge in [-0.05, 0) is 36.4 Å². The molecule has 1 fully saturated rings. The lowest BCUT2D eigenvalue weighted by atomic mass is 10.2. The maximum Gasteiger partial charge on any atom is 0.337 e. The molecule has 1 saturated heterocycles. The molecule has 7 nitrogen and oxygen atoms in total. The third-order valence-corrected chi connectivity index (χ3v) is 5.73. The number of amides is 2. The largest absolute Gasteiger partial charge is 0.465 e. The maximum atomic E-state index is 12.5. The minimum Gasteiger partial charge on any atom is -0.465 e. The van der Waals surface area contributed by atoms with Gasteiger partial charge in [-0.15, -0.1) is 0 Å². The molecule has 1 atom stereocenters. The molecule has 1 unspecified atom stereocenters. The summed E-state index contributed by atoms with van der Waals surface area (Å²) in [5.41, 5.74) is 1.50. The lowest BCUT2D eigenvalue weighted by molar-refractivity contribution is -0.127. The van der Waals surface area contributed by atoms with E-state index in [1.807, 2.05) is 0 Å². The van der Waals surface area contributed by atoms with Crippen LogP contribution in [0.3, 0.4) is 0 Å². The van der Waals surface area contributed by atoms with E-state index in [0.29, 0.717) is 27.1 Å². The molecule has 9 heteroatoms. The number of aliphatic imine (C=N–C) groups is 1. The SMILES string of the molecule is COC(=O)c1ccc(N=C2SC(CC(=O)Nc3ccccc3Cl)C(=O)N2C)cc1. The Morgan fingerprint density at radius 3 is 2.55 bits per heavy atom. The standard InChI is InChI=1S/C20H18ClN3O4S/c1-24-18(26)16(11-17(25)23-15-6-4-3-5-14(15)21)29-20(24)22-13-9-7-12(8-10-13)19(27)28-2/h3-10,16H,11H2,1-2H3,(H,23,25). The summed E-state index contributed by atoms with van der Waals surface area (Å²) in [6.07, 6.45) is -0.000633. The second-order valence-electron chi connectivity index (χ2n) is 6.17. The molecule has 0 bridgehead atoms. The molecule has 3 rings (SSSR count). The number of carbonyl (C=O) groups is 3. The van der Waals surface area contributed by atoms with Gasteiger partial charge in [0.2, 0.25) is 11.8 Å². The van der Waals surface area contributed by atoms with Crippen molar-refractivity contribution in [3.63, 3.8) is 0 Å². The summed E-state index contributed by atoms with van der Waals surface area (Å²) in [5.74, 6) is -0.938. The number of thioether (sulfide) groups is 1. The fourth-order valence-corrected chi connectivity index (χ4v) is 3.97. The summed E-state index contributed by atoms with van der Waals surface area (Å²) < 4.78 is 4.66. The summed E-state index contributed by atoms with van der Waals surface area (Å²) in [7, 11) is 2.93. The minimum absolute atomic E-state index is 0.000633. The molecule has 0 radical (unpaired) electrons. The van der Waals surface area contributed by atoms with E-state index in [-0.39, 0.29) is 18.2 Å². The van der Waals surface area contributed by atoms with E-state index >= 15 is 0 Å². The number of carbonyl (C=O) groups excluding carboxylic acids is 3. The molecule has 2 aromatic carbocycles. The highest BCUT2D eigenvalue weighted by Crippen LogP contribution is 2.31. The van der Waals surface area contributed by atoms with Crippen molar-refractivity contribution < 1.29 is 19.1 Å². The lowest BCUT2D eigenvalue weighted by Crippen LogP contribution is -2.30. The van der Waals surface area contributed by atoms with Crippen LogP contribution in [0.15, 0.2) is 53.5 Å². The van der Waals surface area contributed by atoms with Crippen LogP contribution in [0.25, 0.3) is 0 Å². The van der Waals surface area contributed by atoms with E-state index in [0.717, 1.165) is 0 Å². The number of rotatable bonds is 5. The molecule has 1 heterocycles. The van der Waals surface area contributed by atoms with Gasteiger partial charge in [0.25, 0.3) is 0 Å². The van der Waals surface area contributed by atoms with Gasteiger partial charge in [0, 0.05) is 13.5 Å². The second-order valence-corrected chi connectivity index (χ2v) is 7.75. The normalized spacial score (nSPS) is 17.5. The molecule has 0 saturated carbocycles. The van der Waals surface area contributed by atoms with Crippen molar-refractivity contribution in [3.05, 3.63) is 59.1 Å². The number of anilines is 1. The fourth-order valence-electron chi connectivity index (χ4n) is 2.63. The topological polar surface area (TPSA) is 88.1 Å². The third kappa shape index (κ3) is 4.96. The van der Waals surface area contributed by atoms with Crippen molar-refractivity contribution >= 4 is 57.7 Å². The van der Waals surface area contributed by atoms with Gasteiger partial charge in [-0.3, -0.25) is 14.5 Å². The molecule has 0 aliphatic carbocycles. The highest BCUT2D eigenvalue weighted by Gasteiger charge is 2.37. The number of hydrogen-bond donors (Lipinski definition) is 1. The Balaban J connectivity index is 1.67. The van der Waals surface area contributed by atoms with Gasteiger partial charge in [0.15, 0.2) is 5.17 Å². The van der Waals surface area contributed by atoms with E-state index in [4.69, 9.17) is 11.6 Å². The molecule has 2 amide bonds. The zero-order chi connectivity index (χ0) is 21.0. The highest BCUT2D eigenvalue weighted by atomic mass is 35.5. The molecule has 1 aliphatic rings. The van der Waals surface area contributed by atoms with Gasteiger partial charge >= 0.3 is 5.97 Å². The number of methoxy groups -OCH3 is 1. The summed E-state index contributed by atoms with van der Waals surface area (Å²) in [6, 6.07) is 13.4. The molecule has 1 aliphatic heterocycles. The predicted octanol–water partition coefficient (Wildman–Crippen LogP) is 3.72. The summed E-state index contributed by atoms with van der Waals surface area (Å²) in [5, 5.41) is 3.06. The summed E-state index contributed by atoms with van der Waals surface area (Å²) in [6.45, 7) is 0. The highest BCUT2D eigenvalue weighted by molar-refractivity contribution is 8.15. The molecule has 29 heavy (non-hydrogen) atoms. The van der Waals surface area contributed by atoms with Crippen LogP contribution in [0.5, 0.6) is 0 Å². The van der Waals surface area contributed by atoms with Crippen LogP contribution in [0.1, 0.15) is 16.8 Å². The van der Waals surface area contributed by atoms with Gasteiger partial charge in [0.05, 0.1) is 29.1 Å². The van der Waals surface area contributed by atoms with E-state index in [9.17, 15) is 14.4 Å². The first-order valence-electron chi connectivity index (χ1n) is 8.64. The van der Waals surface area contributed by atoms with Crippen LogP contribution in [0, 0.1) is 0 Å². The van der Waals surface area contributed by atoms with Crippen LogP contribution in [0.4, 0.5) is 11.4 Å². The minimum atomic E-state index is -0.574. The molecule has 150 valence electrons. The average molecular weight is 432 g/mol. The number of para-hydroxylation sites is 1. The second kappa shape index (κ2) is 9.11. The quantitative estimate of drug-likeness (QED) is 0.729. The summed E-state index contributed by atoms with van der Waals surface area (Å²) in [4.78, 5) is 42.2. The number of nitrogens with one attached hydrogen (secondary N) is 1. The van der Waals surface area contributed by atoms with Crippen molar-refractivity contribution in [2.75, 3.05) is 19.5 Å². The smallest absolute Gasteiger partial charge is 0.337 e. The Morgan fingerprint density at radius 2 is 1.90 bits per heavy atom. The number of esters is 1. The van der Waals surface area contributed by atoms with Gasteiger partial charge < -0.3 is 10.1 Å². The van der Waals surface area contributed by atoms with E-state index < -0.39 is 11.2 Å². The van der Waals surface area contributed by atoms with Crippen molar-refractivity contribution in [2.24, 2.45) is 4.99 Å². The number of hydrogen-bond acceptors (Lipinski definition) is 6. The lowest BCUT2D eigenvalue weighted by Gasteiger charge is -2.10. The van der Waals surface area contributed by atoms with Crippen LogP contribution >= 0.6 is 23.4 Å². The first kappa shape index (κ1) is 20.9. The molecule has 2 aromatic rings. The van der Waals surface area contributed by atoms with Crippen LogP contribution in [-0.4, -0.2) is 47.3 Å². The van der Waals surface area contributed by atoms with Gasteiger partial charge in [0.1, 0.15) is 5.25 Å². The van der Waals surface area contributed by atoms with E-state index in [2.05, 4.69) is 15.0 Å². The van der Waals surface area contributed by atoms with Gasteiger partial charge in [-0.2, -0.15) is 0 Å². The zero-order valence-corrected chi connectivity index (χ0v) is 17.3. The Hall–Kier alpha value is -2.84. The Morgan fingerprint density at radius 1 is 1.21 bits per heavy atom. The number of ether oxygens (including phenoxy) is 1. The Labute approximate surface area is 177 Å². The molecular weight excluding hydrogens is 414 g/mol. The zero-order valence-electron chi connectivity index (χ0n) is 15.7. The monoisotopic (exact) mass is 431 g/mol. The van der Waals surface area contributed by atoms with E-state index in [1.54, 1.807) is 55.6 Å². The van der Waals surface area contributed by atoms with Crippen molar-refractivity contribution in [1.29, 1.82) is 0 Å². The number of amidine groups is 1. The van der Waals surface area contributed by atoms with Crippen LogP contribution < -0.4 is 5.32 Å². The molecule has 1 N–H and O–H groups in total. The Bertz CT molecular complexity index is 978. The number of benzene rings is 2. The van der Waals surface area contributed by atoms with Crippen LogP contribution in [0.2, 0.25) is 5.02 Å². The maximum absolute atomic E-state index is 12.5. The first-order valence-corrected chi connectivity index (χ1v) is 9.90. The van der Waals surface area contributed by atoms with Crippen LogP contribution in [-0.2, 0) is 14.3 Å². The summed E-state index contributed by atoms with van der Waals surface area (Å²) >= 11 is 7.27. The fraction of sp³-hybridized carbons (Fsp3) is 0.200. The van der Waals surface area contributed by atoms with E-state index in [1.165, 1.54) is 23.8 Å². The van der Waals surface area contributed by atoms with Gasteiger partial charge in [-0.1, -0.05) is 35.5 Å². The molecule has 0 aromatic heterocycles. The average Bonchev–Trinajstić information content (AvgIpc) is 2.97.